The normalized spacial score (nSPS) is 12.2. The summed E-state index contributed by atoms with van der Waals surface area (Å²) >= 11 is 11.9. The molecule has 0 aromatic heterocycles. The van der Waals surface area contributed by atoms with Crippen LogP contribution in [0.4, 0.5) is 11.4 Å². The van der Waals surface area contributed by atoms with Gasteiger partial charge in [-0.2, -0.15) is 0 Å². The standard InChI is InChI=1S/C11H14Cl2N2O3/c1-6(18-3-2-16)11(17)15-10-8(12)4-7(14)5-9(10)13/h4-6,16H,2-3,14H2,1H3,(H,15,17). The van der Waals surface area contributed by atoms with E-state index in [9.17, 15) is 4.79 Å². The first-order chi connectivity index (χ1) is 8.45. The lowest BCUT2D eigenvalue weighted by molar-refractivity contribution is -0.126. The van der Waals surface area contributed by atoms with Crippen molar-refractivity contribution in [3.63, 3.8) is 0 Å². The van der Waals surface area contributed by atoms with Crippen LogP contribution in [0.15, 0.2) is 12.1 Å². The number of carbonyl (C=O) groups is 1. The first-order valence-electron chi connectivity index (χ1n) is 5.23. The van der Waals surface area contributed by atoms with Gasteiger partial charge in [-0.3, -0.25) is 4.79 Å². The van der Waals surface area contributed by atoms with Crippen molar-refractivity contribution in [2.75, 3.05) is 24.3 Å². The Kier molecular flexibility index (Phi) is 5.68. The molecule has 0 radical (unpaired) electrons. The number of ether oxygens (including phenoxy) is 1. The number of aliphatic hydroxyl groups is 1. The molecular weight excluding hydrogens is 279 g/mol. The van der Waals surface area contributed by atoms with Gasteiger partial charge in [-0.05, 0) is 19.1 Å². The van der Waals surface area contributed by atoms with Gasteiger partial charge in [0, 0.05) is 5.69 Å². The maximum Gasteiger partial charge on any atom is 0.253 e. The van der Waals surface area contributed by atoms with Crippen molar-refractivity contribution < 1.29 is 14.6 Å². The minimum atomic E-state index is -0.721. The summed E-state index contributed by atoms with van der Waals surface area (Å²) in [5.74, 6) is -0.406. The van der Waals surface area contributed by atoms with Crippen LogP contribution in [0.5, 0.6) is 0 Å². The van der Waals surface area contributed by atoms with Gasteiger partial charge >= 0.3 is 0 Å². The Hall–Kier alpha value is -1.01. The highest BCUT2D eigenvalue weighted by Gasteiger charge is 2.16. The predicted molar refractivity (Wildman–Crippen MR) is 72.0 cm³/mol. The van der Waals surface area contributed by atoms with Crippen LogP contribution in [0.25, 0.3) is 0 Å². The van der Waals surface area contributed by atoms with Gasteiger partial charge in [0.2, 0.25) is 0 Å². The summed E-state index contributed by atoms with van der Waals surface area (Å²) in [6.45, 7) is 1.49. The summed E-state index contributed by atoms with van der Waals surface area (Å²) in [5.41, 5.74) is 6.25. The zero-order valence-electron chi connectivity index (χ0n) is 9.74. The van der Waals surface area contributed by atoms with Gasteiger partial charge in [0.25, 0.3) is 5.91 Å². The number of halogens is 2. The average molecular weight is 293 g/mol. The lowest BCUT2D eigenvalue weighted by atomic mass is 10.2. The molecule has 1 atom stereocenters. The summed E-state index contributed by atoms with van der Waals surface area (Å²) in [4.78, 5) is 11.7. The third-order valence-electron chi connectivity index (χ3n) is 2.14. The van der Waals surface area contributed by atoms with E-state index in [1.165, 1.54) is 12.1 Å². The third kappa shape index (κ3) is 4.03. The molecule has 18 heavy (non-hydrogen) atoms. The van der Waals surface area contributed by atoms with E-state index in [1.807, 2.05) is 0 Å². The zero-order chi connectivity index (χ0) is 13.7. The van der Waals surface area contributed by atoms with Crippen LogP contribution in [0, 0.1) is 0 Å². The Labute approximate surface area is 115 Å². The second-order valence-corrected chi connectivity index (χ2v) is 4.40. The lowest BCUT2D eigenvalue weighted by Crippen LogP contribution is -2.28. The molecule has 0 saturated heterocycles. The van der Waals surface area contributed by atoms with Crippen molar-refractivity contribution >= 4 is 40.5 Å². The second-order valence-electron chi connectivity index (χ2n) is 3.59. The van der Waals surface area contributed by atoms with Gasteiger partial charge in [-0.15, -0.1) is 0 Å². The molecule has 100 valence electrons. The fourth-order valence-corrected chi connectivity index (χ4v) is 1.84. The van der Waals surface area contributed by atoms with Gasteiger partial charge in [0.15, 0.2) is 0 Å². The fraction of sp³-hybridized carbons (Fsp3) is 0.364. The van der Waals surface area contributed by atoms with Crippen LogP contribution in [-0.2, 0) is 9.53 Å². The molecule has 0 fully saturated rings. The van der Waals surface area contributed by atoms with Gasteiger partial charge < -0.3 is 20.9 Å². The summed E-state index contributed by atoms with van der Waals surface area (Å²) in [7, 11) is 0. The molecule has 1 aromatic carbocycles. The van der Waals surface area contributed by atoms with Crippen LogP contribution < -0.4 is 11.1 Å². The zero-order valence-corrected chi connectivity index (χ0v) is 11.3. The molecule has 0 aliphatic rings. The number of hydrogen-bond donors (Lipinski definition) is 3. The molecule has 7 heteroatoms. The molecule has 1 amide bonds. The monoisotopic (exact) mass is 292 g/mol. The summed E-state index contributed by atoms with van der Waals surface area (Å²) in [6.07, 6.45) is -0.721. The highest BCUT2D eigenvalue weighted by Crippen LogP contribution is 2.32. The molecule has 0 aliphatic carbocycles. The van der Waals surface area contributed by atoms with Gasteiger partial charge in [0.05, 0.1) is 28.9 Å². The second kappa shape index (κ2) is 6.80. The maximum atomic E-state index is 11.7. The van der Waals surface area contributed by atoms with Crippen molar-refractivity contribution in [1.29, 1.82) is 0 Å². The summed E-state index contributed by atoms with van der Waals surface area (Å²) in [5, 5.41) is 11.6. The van der Waals surface area contributed by atoms with E-state index in [0.717, 1.165) is 0 Å². The van der Waals surface area contributed by atoms with Crippen molar-refractivity contribution in [3.8, 4) is 0 Å². The predicted octanol–water partition coefficient (Wildman–Crippen LogP) is 1.91. The quantitative estimate of drug-likeness (QED) is 0.724. The van der Waals surface area contributed by atoms with E-state index in [-0.39, 0.29) is 28.9 Å². The highest BCUT2D eigenvalue weighted by atomic mass is 35.5. The van der Waals surface area contributed by atoms with Crippen LogP contribution >= 0.6 is 23.2 Å². The van der Waals surface area contributed by atoms with E-state index in [1.54, 1.807) is 6.92 Å². The first-order valence-corrected chi connectivity index (χ1v) is 5.99. The first kappa shape index (κ1) is 15.0. The minimum Gasteiger partial charge on any atom is -0.399 e. The Morgan fingerprint density at radius 1 is 1.50 bits per heavy atom. The number of nitrogen functional groups attached to an aromatic ring is 1. The molecule has 0 saturated carbocycles. The molecule has 0 aliphatic heterocycles. The largest absolute Gasteiger partial charge is 0.399 e. The number of nitrogens with two attached hydrogens (primary N) is 1. The van der Waals surface area contributed by atoms with Crippen molar-refractivity contribution in [2.24, 2.45) is 0 Å². The maximum absolute atomic E-state index is 11.7. The Morgan fingerprint density at radius 2 is 2.06 bits per heavy atom. The molecule has 1 aromatic rings. The highest BCUT2D eigenvalue weighted by molar-refractivity contribution is 6.40. The van der Waals surface area contributed by atoms with E-state index < -0.39 is 12.0 Å². The number of carbonyl (C=O) groups excluding carboxylic acids is 1. The van der Waals surface area contributed by atoms with Gasteiger partial charge in [0.1, 0.15) is 6.10 Å². The molecule has 0 heterocycles. The van der Waals surface area contributed by atoms with Crippen molar-refractivity contribution in [1.82, 2.24) is 0 Å². The smallest absolute Gasteiger partial charge is 0.253 e. The molecule has 5 nitrogen and oxygen atoms in total. The van der Waals surface area contributed by atoms with Crippen LogP contribution in [-0.4, -0.2) is 30.3 Å². The van der Waals surface area contributed by atoms with Crippen molar-refractivity contribution in [2.45, 2.75) is 13.0 Å². The third-order valence-corrected chi connectivity index (χ3v) is 2.74. The lowest BCUT2D eigenvalue weighted by Gasteiger charge is -2.14. The number of nitrogens with one attached hydrogen (secondary N) is 1. The number of hydrogen-bond acceptors (Lipinski definition) is 4. The number of anilines is 2. The summed E-state index contributed by atoms with van der Waals surface area (Å²) in [6, 6.07) is 2.98. The molecule has 1 unspecified atom stereocenters. The minimum absolute atomic E-state index is 0.0811. The average Bonchev–Trinajstić information content (AvgIpc) is 2.30. The number of benzene rings is 1. The van der Waals surface area contributed by atoms with Crippen LogP contribution in [0.1, 0.15) is 6.92 Å². The molecule has 0 bridgehead atoms. The molecule has 1 rings (SSSR count). The topological polar surface area (TPSA) is 84.6 Å². The van der Waals surface area contributed by atoms with E-state index in [0.29, 0.717) is 5.69 Å². The number of amides is 1. The van der Waals surface area contributed by atoms with E-state index in [4.69, 9.17) is 38.8 Å². The SMILES string of the molecule is CC(OCCO)C(=O)Nc1c(Cl)cc(N)cc1Cl. The molecule has 4 N–H and O–H groups in total. The van der Waals surface area contributed by atoms with E-state index in [2.05, 4.69) is 5.32 Å². The van der Waals surface area contributed by atoms with Crippen LogP contribution in [0.3, 0.4) is 0 Å². The van der Waals surface area contributed by atoms with Gasteiger partial charge in [-0.1, -0.05) is 23.2 Å². The number of aliphatic hydroxyl groups excluding tert-OH is 1. The van der Waals surface area contributed by atoms with E-state index >= 15 is 0 Å². The summed E-state index contributed by atoms with van der Waals surface area (Å²) < 4.78 is 5.06. The Bertz CT molecular complexity index is 417. The molecule has 0 spiro atoms. The van der Waals surface area contributed by atoms with Crippen LogP contribution in [0.2, 0.25) is 10.0 Å². The fourth-order valence-electron chi connectivity index (χ4n) is 1.24. The Balaban J connectivity index is 2.76. The van der Waals surface area contributed by atoms with Crippen molar-refractivity contribution in [3.05, 3.63) is 22.2 Å². The molecular formula is C11H14Cl2N2O3. The Morgan fingerprint density at radius 3 is 2.56 bits per heavy atom. The number of rotatable bonds is 5. The van der Waals surface area contributed by atoms with Gasteiger partial charge in [-0.25, -0.2) is 0 Å².